The molecule has 2 aromatic heterocycles. The second-order valence-electron chi connectivity index (χ2n) is 7.84. The van der Waals surface area contributed by atoms with E-state index in [0.717, 1.165) is 43.4 Å². The second kappa shape index (κ2) is 9.80. The van der Waals surface area contributed by atoms with Gasteiger partial charge in [0, 0.05) is 21.1 Å². The van der Waals surface area contributed by atoms with E-state index in [2.05, 4.69) is 41.1 Å². The minimum atomic E-state index is -1.13. The number of pyridine rings is 1. The van der Waals surface area contributed by atoms with E-state index in [1.54, 1.807) is 6.07 Å². The first-order valence-electron chi connectivity index (χ1n) is 9.53. The molecule has 0 fully saturated rings. The number of nitrogens with zero attached hydrogens (tertiary/aromatic N) is 3. The minimum absolute atomic E-state index is 0.289. The normalized spacial score (nSPS) is 11.6. The molecule has 0 aliphatic heterocycles. The van der Waals surface area contributed by atoms with Gasteiger partial charge in [0.25, 0.3) is 0 Å². The van der Waals surface area contributed by atoms with E-state index in [9.17, 15) is 4.79 Å². The van der Waals surface area contributed by atoms with Gasteiger partial charge in [-0.1, -0.05) is 39.1 Å². The van der Waals surface area contributed by atoms with Crippen LogP contribution in [0, 0.1) is 0 Å². The van der Waals surface area contributed by atoms with E-state index in [-0.39, 0.29) is 5.69 Å². The molecule has 0 amide bonds. The van der Waals surface area contributed by atoms with Crippen molar-refractivity contribution >= 4 is 14.0 Å². The fourth-order valence-corrected chi connectivity index (χ4v) is 3.38. The first-order chi connectivity index (χ1) is 12.9. The lowest BCUT2D eigenvalue weighted by atomic mass is 10.2. The Hall–Kier alpha value is -1.99. The number of esters is 1. The third kappa shape index (κ3) is 6.29. The van der Waals surface area contributed by atoms with Crippen LogP contribution in [0.3, 0.4) is 0 Å². The monoisotopic (exact) mass is 389 g/mol. The Morgan fingerprint density at radius 2 is 2.04 bits per heavy atom. The molecule has 27 heavy (non-hydrogen) atoms. The summed E-state index contributed by atoms with van der Waals surface area (Å²) in [6, 6.07) is 6.46. The number of ether oxygens (including phenoxy) is 2. The third-order valence-corrected chi connectivity index (χ3v) is 6.02. The van der Waals surface area contributed by atoms with Crippen molar-refractivity contribution < 1.29 is 14.3 Å². The van der Waals surface area contributed by atoms with Gasteiger partial charge in [-0.05, 0) is 24.6 Å². The van der Waals surface area contributed by atoms with Crippen molar-refractivity contribution in [1.82, 2.24) is 14.5 Å². The zero-order valence-corrected chi connectivity index (χ0v) is 18.1. The summed E-state index contributed by atoms with van der Waals surface area (Å²) in [6.45, 7) is 10.4. The van der Waals surface area contributed by atoms with E-state index in [1.807, 2.05) is 18.3 Å². The van der Waals surface area contributed by atoms with Crippen molar-refractivity contribution in [3.8, 4) is 11.4 Å². The molecule has 0 aromatic carbocycles. The molecule has 2 rings (SSSR count). The molecule has 148 valence electrons. The molecule has 0 radical (unpaired) electrons. The Bertz CT molecular complexity index is 753. The Balaban J connectivity index is 2.25. The zero-order chi connectivity index (χ0) is 19.9. The summed E-state index contributed by atoms with van der Waals surface area (Å²) >= 11 is 0. The third-order valence-electron chi connectivity index (χ3n) is 4.32. The topological polar surface area (TPSA) is 66.2 Å². The zero-order valence-electron chi connectivity index (χ0n) is 17.1. The van der Waals surface area contributed by atoms with Gasteiger partial charge in [-0.15, -0.1) is 0 Å². The van der Waals surface area contributed by atoms with Gasteiger partial charge in [-0.25, -0.2) is 14.8 Å². The molecule has 0 saturated carbocycles. The molecule has 0 spiro atoms. The summed E-state index contributed by atoms with van der Waals surface area (Å²) in [7, 11) is 0.228. The average molecular weight is 390 g/mol. The van der Waals surface area contributed by atoms with E-state index < -0.39 is 14.0 Å². The van der Waals surface area contributed by atoms with Gasteiger partial charge in [-0.3, -0.25) is 0 Å². The molecule has 0 bridgehead atoms. The van der Waals surface area contributed by atoms with Gasteiger partial charge in [-0.2, -0.15) is 0 Å². The number of carbonyl (C=O) groups is 1. The number of unbranched alkanes of at least 4 members (excludes halogenated alkanes) is 1. The smallest absolute Gasteiger partial charge is 0.356 e. The first kappa shape index (κ1) is 21.3. The number of rotatable bonds is 10. The maximum absolute atomic E-state index is 11.8. The van der Waals surface area contributed by atoms with Crippen molar-refractivity contribution in [2.45, 2.75) is 58.6 Å². The van der Waals surface area contributed by atoms with Gasteiger partial charge in [0.15, 0.2) is 0 Å². The number of hydrogen-bond acceptors (Lipinski definition) is 5. The predicted molar refractivity (Wildman–Crippen MR) is 110 cm³/mol. The molecule has 0 saturated heterocycles. The van der Waals surface area contributed by atoms with Gasteiger partial charge < -0.3 is 14.0 Å². The number of aryl methyl sites for hydroxylation is 1. The predicted octanol–water partition coefficient (Wildman–Crippen LogP) is 4.39. The number of methoxy groups -OCH3 is 1. The summed E-state index contributed by atoms with van der Waals surface area (Å²) in [6.07, 6.45) is 4.89. The standard InChI is InChI=1S/C20H31N3O3Si/c1-6-7-11-19-21-14-18(23(19)15-26-12-13-27(3,4)5)16-9-8-10-17(22-16)20(24)25-2/h8-10,14H,6-7,11-13,15H2,1-5H3. The molecule has 0 unspecified atom stereocenters. The summed E-state index contributed by atoms with van der Waals surface area (Å²) in [5.74, 6) is 0.547. The molecule has 0 aliphatic carbocycles. The van der Waals surface area contributed by atoms with Crippen LogP contribution < -0.4 is 0 Å². The highest BCUT2D eigenvalue weighted by molar-refractivity contribution is 6.76. The number of imidazole rings is 1. The average Bonchev–Trinajstić information content (AvgIpc) is 3.05. The van der Waals surface area contributed by atoms with Crippen LogP contribution in [0.2, 0.25) is 25.7 Å². The highest BCUT2D eigenvalue weighted by atomic mass is 28.3. The summed E-state index contributed by atoms with van der Waals surface area (Å²) in [5, 5.41) is 0. The molecular weight excluding hydrogens is 358 g/mol. The fourth-order valence-electron chi connectivity index (χ4n) is 2.63. The Kier molecular flexibility index (Phi) is 7.74. The molecule has 2 heterocycles. The largest absolute Gasteiger partial charge is 0.464 e. The molecule has 0 atom stereocenters. The van der Waals surface area contributed by atoms with Crippen LogP contribution in [-0.2, 0) is 22.6 Å². The second-order valence-corrected chi connectivity index (χ2v) is 13.5. The quantitative estimate of drug-likeness (QED) is 0.342. The number of aromatic nitrogens is 3. The lowest BCUT2D eigenvalue weighted by Crippen LogP contribution is -2.22. The summed E-state index contributed by atoms with van der Waals surface area (Å²) in [4.78, 5) is 20.8. The molecular formula is C20H31N3O3Si. The van der Waals surface area contributed by atoms with E-state index in [4.69, 9.17) is 9.47 Å². The van der Waals surface area contributed by atoms with Gasteiger partial charge in [0.1, 0.15) is 18.2 Å². The van der Waals surface area contributed by atoms with Crippen molar-refractivity contribution in [2.24, 2.45) is 0 Å². The van der Waals surface area contributed by atoms with Gasteiger partial charge in [0.2, 0.25) is 0 Å². The SMILES string of the molecule is CCCCc1ncc(-c2cccc(C(=O)OC)n2)n1COCC[Si](C)(C)C. The van der Waals surface area contributed by atoms with Gasteiger partial charge >= 0.3 is 5.97 Å². The molecule has 0 N–H and O–H groups in total. The lowest BCUT2D eigenvalue weighted by molar-refractivity contribution is 0.0594. The van der Waals surface area contributed by atoms with E-state index in [0.29, 0.717) is 12.4 Å². The van der Waals surface area contributed by atoms with Gasteiger partial charge in [0.05, 0.1) is 24.7 Å². The summed E-state index contributed by atoms with van der Waals surface area (Å²) < 4.78 is 12.8. The van der Waals surface area contributed by atoms with Crippen LogP contribution in [0.4, 0.5) is 0 Å². The van der Waals surface area contributed by atoms with Crippen LogP contribution in [0.15, 0.2) is 24.4 Å². The van der Waals surface area contributed by atoms with E-state index in [1.165, 1.54) is 7.11 Å². The van der Waals surface area contributed by atoms with Crippen LogP contribution in [-0.4, -0.2) is 42.3 Å². The minimum Gasteiger partial charge on any atom is -0.464 e. The fraction of sp³-hybridized carbons (Fsp3) is 0.550. The molecule has 0 aliphatic rings. The maximum atomic E-state index is 11.8. The van der Waals surface area contributed by atoms with Crippen LogP contribution in [0.25, 0.3) is 11.4 Å². The molecule has 2 aromatic rings. The van der Waals surface area contributed by atoms with Crippen molar-refractivity contribution in [3.05, 3.63) is 35.9 Å². The van der Waals surface area contributed by atoms with Crippen LogP contribution in [0.1, 0.15) is 36.1 Å². The van der Waals surface area contributed by atoms with E-state index >= 15 is 0 Å². The number of hydrogen-bond donors (Lipinski definition) is 0. The van der Waals surface area contributed by atoms with Crippen molar-refractivity contribution in [2.75, 3.05) is 13.7 Å². The van der Waals surface area contributed by atoms with Crippen molar-refractivity contribution in [1.29, 1.82) is 0 Å². The highest BCUT2D eigenvalue weighted by Gasteiger charge is 2.16. The van der Waals surface area contributed by atoms with Crippen LogP contribution >= 0.6 is 0 Å². The Morgan fingerprint density at radius 1 is 1.26 bits per heavy atom. The lowest BCUT2D eigenvalue weighted by Gasteiger charge is -2.17. The van der Waals surface area contributed by atoms with Crippen LogP contribution in [0.5, 0.6) is 0 Å². The highest BCUT2D eigenvalue weighted by Crippen LogP contribution is 2.21. The molecule has 6 nitrogen and oxygen atoms in total. The molecule has 7 heteroatoms. The Morgan fingerprint density at radius 3 is 2.70 bits per heavy atom. The summed E-state index contributed by atoms with van der Waals surface area (Å²) in [5.41, 5.74) is 1.85. The Labute approximate surface area is 162 Å². The number of carbonyl (C=O) groups excluding carboxylic acids is 1. The van der Waals surface area contributed by atoms with Crippen molar-refractivity contribution in [3.63, 3.8) is 0 Å². The first-order valence-corrected chi connectivity index (χ1v) is 13.2. The maximum Gasteiger partial charge on any atom is 0.356 e.